The topological polar surface area (TPSA) is 294 Å². The summed E-state index contributed by atoms with van der Waals surface area (Å²) in [6, 6.07) is 22.2. The van der Waals surface area contributed by atoms with E-state index in [9.17, 15) is 53.3 Å². The van der Waals surface area contributed by atoms with Crippen molar-refractivity contribution in [3.63, 3.8) is 0 Å². The van der Waals surface area contributed by atoms with Crippen molar-refractivity contribution in [3.8, 4) is 0 Å². The van der Waals surface area contributed by atoms with E-state index in [0.717, 1.165) is 13.8 Å². The van der Waals surface area contributed by atoms with E-state index in [0.29, 0.717) is 5.56 Å². The molecule has 0 aromatic heterocycles. The van der Waals surface area contributed by atoms with Gasteiger partial charge in [0.25, 0.3) is 5.91 Å². The zero-order valence-electron chi connectivity index (χ0n) is 39.0. The number of phosphoric acid groups is 1. The molecule has 1 aliphatic heterocycles. The van der Waals surface area contributed by atoms with Crippen molar-refractivity contribution in [2.75, 3.05) is 13.2 Å². The lowest BCUT2D eigenvalue weighted by Gasteiger charge is -2.67. The molecule has 21 heteroatoms. The Bertz CT molecular complexity index is 2620. The second-order valence-corrected chi connectivity index (χ2v) is 19.8. The van der Waals surface area contributed by atoms with Crippen molar-refractivity contribution >= 4 is 49.4 Å². The van der Waals surface area contributed by atoms with Crippen LogP contribution in [0.15, 0.2) is 102 Å². The molecule has 0 unspecified atom stereocenters. The fourth-order valence-corrected chi connectivity index (χ4v) is 10.9. The first kappa shape index (κ1) is 51.7. The summed E-state index contributed by atoms with van der Waals surface area (Å²) in [5.74, 6) is -9.14. The number of Topliss-reactive ketones (excluding diaryl/α,β-unsaturated/α-hetero) is 1. The molecule has 11 atom stereocenters. The quantitative estimate of drug-likeness (QED) is 0.0669. The van der Waals surface area contributed by atoms with Crippen LogP contribution in [0.25, 0.3) is 0 Å². The SMILES string of the molecule is CC(=O)O[C@H]1C(=O)[C@]2(C)[C@@H](OC(=O)COP(=O)(O)O)C[C@H]3OC[C@@]3(OC(C)=O)[C@H]2[C@H](OC(=O)c2ccccc2)[C@]2(O)C[C@H](OC(=O)[C@H](O)[C@@H](NC(=O)c3ccccc3)c3ccccc3)C(C)=C1C2(C)C. The number of carbonyl (C=O) groups is 7. The molecule has 0 radical (unpaired) electrons. The van der Waals surface area contributed by atoms with E-state index in [1.807, 2.05) is 0 Å². The lowest BCUT2D eigenvalue weighted by molar-refractivity contribution is -0.346. The third-order valence-corrected chi connectivity index (χ3v) is 14.5. The van der Waals surface area contributed by atoms with Gasteiger partial charge in [-0.3, -0.25) is 23.7 Å². The molecular formula is C49H54NO19P. The monoisotopic (exact) mass is 991 g/mol. The first-order valence-corrected chi connectivity index (χ1v) is 23.8. The maximum Gasteiger partial charge on any atom is 0.470 e. The Kier molecular flexibility index (Phi) is 14.5. The van der Waals surface area contributed by atoms with Gasteiger partial charge in [0.2, 0.25) is 0 Å². The minimum absolute atomic E-state index is 0.0357. The van der Waals surface area contributed by atoms with Gasteiger partial charge in [0.05, 0.1) is 29.5 Å². The van der Waals surface area contributed by atoms with Crippen LogP contribution in [0.2, 0.25) is 0 Å². The second kappa shape index (κ2) is 19.6. The largest absolute Gasteiger partial charge is 0.470 e. The van der Waals surface area contributed by atoms with Crippen LogP contribution in [0.4, 0.5) is 0 Å². The molecule has 70 heavy (non-hydrogen) atoms. The normalized spacial score (nSPS) is 29.7. The van der Waals surface area contributed by atoms with Crippen LogP contribution < -0.4 is 5.32 Å². The Hall–Kier alpha value is -6.12. The Morgan fingerprint density at radius 1 is 0.829 bits per heavy atom. The van der Waals surface area contributed by atoms with E-state index in [1.54, 1.807) is 54.6 Å². The summed E-state index contributed by atoms with van der Waals surface area (Å²) in [5.41, 5.74) is -8.32. The van der Waals surface area contributed by atoms with Crippen molar-refractivity contribution in [3.05, 3.63) is 119 Å². The summed E-state index contributed by atoms with van der Waals surface area (Å²) < 4.78 is 52.3. The number of aliphatic hydroxyl groups excluding tert-OH is 1. The molecule has 20 nitrogen and oxygen atoms in total. The van der Waals surface area contributed by atoms with E-state index in [4.69, 9.17) is 28.4 Å². The molecule has 3 aliphatic carbocycles. The molecule has 1 amide bonds. The standard InChI is InChI=1S/C49H54NO19P/c1-26-32(66-45(58)38(54)37(29-16-10-7-11-17-29)50-43(56)30-18-12-8-13-19-30)23-49(59)42(68-44(57)31-20-14-9-15-21-31)40-47(6,41(55)39(65-27(2)51)36(26)46(49,4)5)33(67-35(53)24-64-70(60,61)62)22-34-48(40,25-63-34)69-28(3)52/h7-21,32-34,37-40,42,54,59H,22-25H2,1-6H3,(H,50,56)(H2,60,61,62)/t32-,33-,34+,37-,38+,39+,40-,42-,47+,48-,49+/m0/s1. The lowest BCUT2D eigenvalue weighted by atomic mass is 9.44. The number of carbonyl (C=O) groups excluding carboxylic acids is 7. The fourth-order valence-electron chi connectivity index (χ4n) is 10.7. The average molecular weight is 992 g/mol. The number of hydrogen-bond donors (Lipinski definition) is 5. The zero-order valence-corrected chi connectivity index (χ0v) is 39.9. The summed E-state index contributed by atoms with van der Waals surface area (Å²) in [6.07, 6.45) is -11.9. The molecule has 374 valence electrons. The predicted molar refractivity (Wildman–Crippen MR) is 240 cm³/mol. The molecule has 2 bridgehead atoms. The van der Waals surface area contributed by atoms with E-state index in [2.05, 4.69) is 9.84 Å². The molecule has 3 aromatic carbocycles. The van der Waals surface area contributed by atoms with Crippen molar-refractivity contribution in [1.82, 2.24) is 5.32 Å². The number of benzene rings is 3. The molecular weight excluding hydrogens is 938 g/mol. The van der Waals surface area contributed by atoms with Gasteiger partial charge in [0.15, 0.2) is 30.2 Å². The highest BCUT2D eigenvalue weighted by Crippen LogP contribution is 2.65. The first-order chi connectivity index (χ1) is 32.9. The molecule has 0 spiro atoms. The van der Waals surface area contributed by atoms with Crippen LogP contribution in [-0.4, -0.2) is 123 Å². The van der Waals surface area contributed by atoms with Gasteiger partial charge in [-0.05, 0) is 54.8 Å². The summed E-state index contributed by atoms with van der Waals surface area (Å²) in [5, 5.41) is 28.5. The number of phosphoric ester groups is 1. The van der Waals surface area contributed by atoms with Crippen molar-refractivity contribution < 1.29 is 91.1 Å². The number of esters is 5. The maximum atomic E-state index is 16.0. The molecule has 7 rings (SSSR count). The molecule has 1 heterocycles. The number of hydrogen-bond acceptors (Lipinski definition) is 17. The number of amides is 1. The Labute approximate surface area is 401 Å². The van der Waals surface area contributed by atoms with E-state index < -0.39 is 146 Å². The minimum atomic E-state index is -5.24. The zero-order chi connectivity index (χ0) is 51.1. The van der Waals surface area contributed by atoms with Gasteiger partial charge in [-0.2, -0.15) is 0 Å². The highest BCUT2D eigenvalue weighted by atomic mass is 31.2. The number of fused-ring (bicyclic) bond motifs is 5. The second-order valence-electron chi connectivity index (χ2n) is 18.6. The molecule has 3 aromatic rings. The van der Waals surface area contributed by atoms with Crippen LogP contribution in [0.5, 0.6) is 0 Å². The van der Waals surface area contributed by atoms with Crippen LogP contribution >= 0.6 is 7.82 Å². The maximum absolute atomic E-state index is 16.0. The minimum Gasteiger partial charge on any atom is -0.459 e. The highest BCUT2D eigenvalue weighted by Gasteiger charge is 2.79. The van der Waals surface area contributed by atoms with Gasteiger partial charge >= 0.3 is 37.7 Å². The van der Waals surface area contributed by atoms with Gasteiger partial charge < -0.3 is 53.7 Å². The average Bonchev–Trinajstić information content (AvgIpc) is 3.30. The summed E-state index contributed by atoms with van der Waals surface area (Å²) in [7, 11) is -5.24. The highest BCUT2D eigenvalue weighted by molar-refractivity contribution is 7.46. The summed E-state index contributed by atoms with van der Waals surface area (Å²) in [6.45, 7) is 5.97. The predicted octanol–water partition coefficient (Wildman–Crippen LogP) is 3.40. The van der Waals surface area contributed by atoms with E-state index in [1.165, 1.54) is 64.1 Å². The van der Waals surface area contributed by atoms with E-state index in [-0.39, 0.29) is 22.3 Å². The van der Waals surface area contributed by atoms with Crippen LogP contribution in [-0.2, 0) is 61.5 Å². The van der Waals surface area contributed by atoms with Gasteiger partial charge in [-0.15, -0.1) is 0 Å². The van der Waals surface area contributed by atoms with Crippen molar-refractivity contribution in [2.24, 2.45) is 16.7 Å². The van der Waals surface area contributed by atoms with Gasteiger partial charge in [-0.25, -0.2) is 18.9 Å². The van der Waals surface area contributed by atoms with Crippen LogP contribution in [0.1, 0.15) is 86.7 Å². The Morgan fingerprint density at radius 3 is 1.96 bits per heavy atom. The lowest BCUT2D eigenvalue weighted by Crippen LogP contribution is -2.82. The molecule has 2 saturated carbocycles. The van der Waals surface area contributed by atoms with Gasteiger partial charge in [0.1, 0.15) is 30.0 Å². The number of nitrogens with one attached hydrogen (secondary N) is 1. The summed E-state index contributed by atoms with van der Waals surface area (Å²) >= 11 is 0. The number of ketones is 1. The van der Waals surface area contributed by atoms with Crippen LogP contribution in [0, 0.1) is 16.7 Å². The van der Waals surface area contributed by atoms with Crippen molar-refractivity contribution in [1.29, 1.82) is 0 Å². The smallest absolute Gasteiger partial charge is 0.459 e. The summed E-state index contributed by atoms with van der Waals surface area (Å²) in [4.78, 5) is 117. The third kappa shape index (κ3) is 9.56. The van der Waals surface area contributed by atoms with E-state index >= 15 is 4.79 Å². The number of aliphatic hydroxyl groups is 2. The Morgan fingerprint density at radius 2 is 1.41 bits per heavy atom. The van der Waals surface area contributed by atoms with Gasteiger partial charge in [-0.1, -0.05) is 80.6 Å². The van der Waals surface area contributed by atoms with Crippen molar-refractivity contribution in [2.45, 2.75) is 108 Å². The Balaban J connectivity index is 1.42. The van der Waals surface area contributed by atoms with Crippen LogP contribution in [0.3, 0.4) is 0 Å². The molecule has 3 fully saturated rings. The molecule has 5 N–H and O–H groups in total. The first-order valence-electron chi connectivity index (χ1n) is 22.3. The fraction of sp³-hybridized carbons (Fsp3) is 0.449. The number of ether oxygens (including phenoxy) is 6. The molecule has 4 aliphatic rings. The molecule has 1 saturated heterocycles. The number of rotatable bonds is 14. The van der Waals surface area contributed by atoms with Gasteiger partial charge in [0, 0.05) is 37.7 Å². The third-order valence-electron chi connectivity index (χ3n) is 14.1.